The number of fused-ring (bicyclic) bond motifs is 1. The number of anilines is 1. The fourth-order valence-electron chi connectivity index (χ4n) is 3.01. The summed E-state index contributed by atoms with van der Waals surface area (Å²) in [5.41, 5.74) is 1.26. The largest absolute Gasteiger partial charge is 0.324 e. The van der Waals surface area contributed by atoms with Crippen LogP contribution < -0.4 is 10.9 Å². The number of carbonyl (C=O) groups excluding carboxylic acids is 1. The first kappa shape index (κ1) is 21.2. The highest BCUT2D eigenvalue weighted by molar-refractivity contribution is 7.89. The monoisotopic (exact) mass is 434 g/mol. The van der Waals surface area contributed by atoms with Crippen molar-refractivity contribution < 1.29 is 13.2 Å². The highest BCUT2D eigenvalue weighted by atomic mass is 32.2. The third-order valence-electron chi connectivity index (χ3n) is 4.54. The molecule has 0 aliphatic rings. The van der Waals surface area contributed by atoms with Gasteiger partial charge in [0.05, 0.1) is 16.7 Å². The van der Waals surface area contributed by atoms with Gasteiger partial charge in [-0.15, -0.1) is 11.3 Å². The van der Waals surface area contributed by atoms with Gasteiger partial charge >= 0.3 is 0 Å². The molecule has 0 aliphatic heterocycles. The molecule has 1 aromatic carbocycles. The second kappa shape index (κ2) is 8.44. The molecule has 0 atom stereocenters. The van der Waals surface area contributed by atoms with Crippen LogP contribution in [0.3, 0.4) is 0 Å². The maximum Gasteiger partial charge on any atom is 0.271 e. The van der Waals surface area contributed by atoms with E-state index >= 15 is 0 Å². The van der Waals surface area contributed by atoms with Crippen LogP contribution in [0.2, 0.25) is 0 Å². The van der Waals surface area contributed by atoms with Gasteiger partial charge in [0.1, 0.15) is 11.2 Å². The minimum absolute atomic E-state index is 0.151. The maximum atomic E-state index is 12.8. The lowest BCUT2D eigenvalue weighted by atomic mass is 10.2. The Bertz CT molecular complexity index is 1210. The van der Waals surface area contributed by atoms with Crippen LogP contribution in [0, 0.1) is 6.92 Å². The summed E-state index contributed by atoms with van der Waals surface area (Å²) >= 11 is 1.27. The molecule has 2 heterocycles. The zero-order chi connectivity index (χ0) is 21.2. The highest BCUT2D eigenvalue weighted by Gasteiger charge is 2.24. The number of hydrogen-bond acceptors (Lipinski definition) is 6. The van der Waals surface area contributed by atoms with Crippen LogP contribution in [0.15, 0.2) is 45.7 Å². The van der Waals surface area contributed by atoms with Gasteiger partial charge in [-0.05, 0) is 36.1 Å². The van der Waals surface area contributed by atoms with Crippen molar-refractivity contribution in [2.24, 2.45) is 0 Å². The predicted octanol–water partition coefficient (Wildman–Crippen LogP) is 2.44. The number of sulfonamides is 1. The van der Waals surface area contributed by atoms with E-state index in [4.69, 9.17) is 0 Å². The number of amides is 1. The van der Waals surface area contributed by atoms with Gasteiger partial charge in [-0.25, -0.2) is 13.4 Å². The number of nitrogens with zero attached hydrogens (tertiary/aromatic N) is 3. The summed E-state index contributed by atoms with van der Waals surface area (Å²) in [6, 6.07) is 6.48. The normalized spacial score (nSPS) is 11.9. The van der Waals surface area contributed by atoms with Crippen molar-refractivity contribution >= 4 is 43.2 Å². The Morgan fingerprint density at radius 1 is 1.24 bits per heavy atom. The van der Waals surface area contributed by atoms with E-state index in [-0.39, 0.29) is 17.0 Å². The SMILES string of the molecule is CCN(CC)S(=O)(=O)c1cc(NC(=O)Cn2cnc3ccsc3c2=O)ccc1C. The number of aryl methyl sites for hydroxylation is 1. The molecular formula is C19H22N4O4S2. The van der Waals surface area contributed by atoms with Gasteiger partial charge in [0.25, 0.3) is 5.56 Å². The summed E-state index contributed by atoms with van der Waals surface area (Å²) in [6.07, 6.45) is 1.34. The van der Waals surface area contributed by atoms with E-state index in [1.54, 1.807) is 44.4 Å². The quantitative estimate of drug-likeness (QED) is 0.615. The van der Waals surface area contributed by atoms with E-state index < -0.39 is 15.9 Å². The Kier molecular flexibility index (Phi) is 6.15. The minimum atomic E-state index is -3.66. The number of thiophene rings is 1. The Hall–Kier alpha value is -2.56. The molecule has 3 rings (SSSR count). The van der Waals surface area contributed by atoms with Gasteiger partial charge in [0, 0.05) is 18.8 Å². The molecule has 0 fully saturated rings. The summed E-state index contributed by atoms with van der Waals surface area (Å²) in [6.45, 7) is 5.76. The molecule has 0 radical (unpaired) electrons. The van der Waals surface area contributed by atoms with Crippen LogP contribution in [0.5, 0.6) is 0 Å². The van der Waals surface area contributed by atoms with Crippen LogP contribution in [-0.2, 0) is 21.4 Å². The average molecular weight is 435 g/mol. The van der Waals surface area contributed by atoms with E-state index in [9.17, 15) is 18.0 Å². The van der Waals surface area contributed by atoms with Crippen LogP contribution in [-0.4, -0.2) is 41.3 Å². The number of benzene rings is 1. The zero-order valence-electron chi connectivity index (χ0n) is 16.4. The fraction of sp³-hybridized carbons (Fsp3) is 0.316. The Labute approximate surface area is 172 Å². The lowest BCUT2D eigenvalue weighted by molar-refractivity contribution is -0.116. The predicted molar refractivity (Wildman–Crippen MR) is 114 cm³/mol. The summed E-state index contributed by atoms with van der Waals surface area (Å²) in [4.78, 5) is 29.2. The first-order valence-electron chi connectivity index (χ1n) is 9.11. The minimum Gasteiger partial charge on any atom is -0.324 e. The molecule has 0 saturated heterocycles. The topological polar surface area (TPSA) is 101 Å². The van der Waals surface area contributed by atoms with Crippen LogP contribution in [0.4, 0.5) is 5.69 Å². The molecule has 2 aromatic heterocycles. The van der Waals surface area contributed by atoms with Gasteiger partial charge in [-0.1, -0.05) is 19.9 Å². The van der Waals surface area contributed by atoms with Crippen molar-refractivity contribution in [1.29, 1.82) is 0 Å². The lowest BCUT2D eigenvalue weighted by Gasteiger charge is -2.20. The van der Waals surface area contributed by atoms with Crippen molar-refractivity contribution in [2.45, 2.75) is 32.2 Å². The molecule has 0 saturated carbocycles. The van der Waals surface area contributed by atoms with Crippen molar-refractivity contribution in [2.75, 3.05) is 18.4 Å². The van der Waals surface area contributed by atoms with Crippen molar-refractivity contribution in [3.8, 4) is 0 Å². The second-order valence-electron chi connectivity index (χ2n) is 6.43. The Balaban J connectivity index is 1.84. The van der Waals surface area contributed by atoms with Gasteiger partial charge in [-0.3, -0.25) is 14.2 Å². The fourth-order valence-corrected chi connectivity index (χ4v) is 5.51. The molecule has 0 aliphatic carbocycles. The Morgan fingerprint density at radius 2 is 1.97 bits per heavy atom. The maximum absolute atomic E-state index is 12.8. The van der Waals surface area contributed by atoms with E-state index in [1.165, 1.54) is 32.6 Å². The number of rotatable bonds is 7. The molecule has 3 aromatic rings. The Morgan fingerprint density at radius 3 is 2.66 bits per heavy atom. The van der Waals surface area contributed by atoms with Gasteiger partial charge in [-0.2, -0.15) is 4.31 Å². The number of carbonyl (C=O) groups is 1. The first-order valence-corrected chi connectivity index (χ1v) is 11.4. The summed E-state index contributed by atoms with van der Waals surface area (Å²) in [7, 11) is -3.66. The molecule has 8 nitrogen and oxygen atoms in total. The molecule has 29 heavy (non-hydrogen) atoms. The zero-order valence-corrected chi connectivity index (χ0v) is 18.0. The third kappa shape index (κ3) is 4.24. The molecule has 1 amide bonds. The number of aromatic nitrogens is 2. The molecular weight excluding hydrogens is 412 g/mol. The van der Waals surface area contributed by atoms with Gasteiger partial charge in [0.15, 0.2) is 0 Å². The van der Waals surface area contributed by atoms with Crippen LogP contribution in [0.25, 0.3) is 10.2 Å². The van der Waals surface area contributed by atoms with E-state index in [2.05, 4.69) is 10.3 Å². The molecule has 10 heteroatoms. The van der Waals surface area contributed by atoms with Crippen LogP contribution in [0.1, 0.15) is 19.4 Å². The van der Waals surface area contributed by atoms with Crippen molar-refractivity contribution in [1.82, 2.24) is 13.9 Å². The van der Waals surface area contributed by atoms with Gasteiger partial charge in [0.2, 0.25) is 15.9 Å². The molecule has 0 unspecified atom stereocenters. The van der Waals surface area contributed by atoms with Crippen LogP contribution >= 0.6 is 11.3 Å². The second-order valence-corrected chi connectivity index (χ2v) is 9.25. The molecule has 0 bridgehead atoms. The molecule has 1 N–H and O–H groups in total. The van der Waals surface area contributed by atoms with E-state index in [0.717, 1.165) is 0 Å². The lowest BCUT2D eigenvalue weighted by Crippen LogP contribution is -2.31. The van der Waals surface area contributed by atoms with Crippen molar-refractivity contribution in [3.05, 3.63) is 51.9 Å². The standard InChI is InChI=1S/C19H22N4O4S2/c1-4-23(5-2)29(26,27)16-10-14(7-6-13(16)3)21-17(24)11-22-12-20-15-8-9-28-18(15)19(22)25/h6-10,12H,4-5,11H2,1-3H3,(H,21,24). The summed E-state index contributed by atoms with van der Waals surface area (Å²) < 4.78 is 28.8. The van der Waals surface area contributed by atoms with Crippen molar-refractivity contribution in [3.63, 3.8) is 0 Å². The van der Waals surface area contributed by atoms with E-state index in [0.29, 0.717) is 34.6 Å². The van der Waals surface area contributed by atoms with Gasteiger partial charge < -0.3 is 5.32 Å². The molecule has 154 valence electrons. The number of hydrogen-bond donors (Lipinski definition) is 1. The highest BCUT2D eigenvalue weighted by Crippen LogP contribution is 2.23. The summed E-state index contributed by atoms with van der Waals surface area (Å²) in [5, 5.41) is 4.44. The first-order chi connectivity index (χ1) is 13.8. The average Bonchev–Trinajstić information content (AvgIpc) is 3.16. The molecule has 0 spiro atoms. The summed E-state index contributed by atoms with van der Waals surface area (Å²) in [5.74, 6) is -0.445. The smallest absolute Gasteiger partial charge is 0.271 e. The van der Waals surface area contributed by atoms with E-state index in [1.807, 2.05) is 0 Å². The number of nitrogens with one attached hydrogen (secondary N) is 1. The third-order valence-corrected chi connectivity index (χ3v) is 7.63.